The van der Waals surface area contributed by atoms with Crippen molar-refractivity contribution < 1.29 is 9.53 Å². The first-order valence-corrected chi connectivity index (χ1v) is 7.17. The molecule has 0 bridgehead atoms. The van der Waals surface area contributed by atoms with Crippen molar-refractivity contribution in [1.82, 2.24) is 10.2 Å². The summed E-state index contributed by atoms with van der Waals surface area (Å²) in [6, 6.07) is 0. The fraction of sp³-hybridized carbons (Fsp3) is 0.929. The lowest BCUT2D eigenvalue weighted by molar-refractivity contribution is -0.126. The third-order valence-corrected chi connectivity index (χ3v) is 3.08. The van der Waals surface area contributed by atoms with Crippen LogP contribution in [0.3, 0.4) is 0 Å². The Labute approximate surface area is 117 Å². The molecular formula is C14H31N3O2. The fourth-order valence-electron chi connectivity index (χ4n) is 1.92. The number of nitrogens with zero attached hydrogens (tertiary/aromatic N) is 1. The summed E-state index contributed by atoms with van der Waals surface area (Å²) in [5.74, 6) is -0.0936. The van der Waals surface area contributed by atoms with Gasteiger partial charge in [-0.25, -0.2) is 0 Å². The average Bonchev–Trinajstić information content (AvgIpc) is 2.32. The van der Waals surface area contributed by atoms with Gasteiger partial charge in [-0.05, 0) is 40.8 Å². The molecule has 5 heteroatoms. The minimum absolute atomic E-state index is 0.0498. The predicted molar refractivity (Wildman–Crippen MR) is 79.1 cm³/mol. The van der Waals surface area contributed by atoms with Crippen molar-refractivity contribution >= 4 is 5.91 Å². The molecule has 0 spiro atoms. The van der Waals surface area contributed by atoms with Crippen molar-refractivity contribution in [2.24, 2.45) is 5.73 Å². The van der Waals surface area contributed by atoms with E-state index in [0.29, 0.717) is 19.6 Å². The van der Waals surface area contributed by atoms with Crippen molar-refractivity contribution in [1.29, 1.82) is 0 Å². The van der Waals surface area contributed by atoms with Crippen molar-refractivity contribution in [3.8, 4) is 0 Å². The van der Waals surface area contributed by atoms with Crippen LogP contribution in [-0.2, 0) is 9.53 Å². The Kier molecular flexibility index (Phi) is 8.97. The van der Waals surface area contributed by atoms with Gasteiger partial charge < -0.3 is 20.7 Å². The second kappa shape index (κ2) is 9.28. The zero-order valence-electron chi connectivity index (χ0n) is 13.2. The summed E-state index contributed by atoms with van der Waals surface area (Å²) < 4.78 is 5.63. The second-order valence-corrected chi connectivity index (χ2v) is 5.55. The minimum Gasteiger partial charge on any atom is -0.377 e. The molecule has 0 fully saturated rings. The first kappa shape index (κ1) is 18.4. The Morgan fingerprint density at radius 1 is 1.42 bits per heavy atom. The Hall–Kier alpha value is -0.650. The zero-order valence-corrected chi connectivity index (χ0v) is 13.2. The van der Waals surface area contributed by atoms with Crippen LogP contribution in [0.2, 0.25) is 0 Å². The van der Waals surface area contributed by atoms with Crippen LogP contribution >= 0.6 is 0 Å². The van der Waals surface area contributed by atoms with Gasteiger partial charge in [0.25, 0.3) is 0 Å². The normalized spacial score (nSPS) is 16.2. The highest BCUT2D eigenvalue weighted by Gasteiger charge is 2.27. The number of hydrogen-bond acceptors (Lipinski definition) is 4. The molecule has 0 saturated heterocycles. The Bertz CT molecular complexity index is 255. The van der Waals surface area contributed by atoms with Gasteiger partial charge in [-0.1, -0.05) is 13.3 Å². The van der Waals surface area contributed by atoms with E-state index < -0.39 is 5.54 Å². The number of rotatable bonds is 10. The van der Waals surface area contributed by atoms with Gasteiger partial charge in [0.15, 0.2) is 0 Å². The van der Waals surface area contributed by atoms with Gasteiger partial charge in [-0.15, -0.1) is 0 Å². The molecule has 0 rings (SSSR count). The molecule has 0 aromatic carbocycles. The summed E-state index contributed by atoms with van der Waals surface area (Å²) in [7, 11) is 4.06. The highest BCUT2D eigenvalue weighted by Crippen LogP contribution is 2.08. The van der Waals surface area contributed by atoms with Gasteiger partial charge in [-0.3, -0.25) is 4.79 Å². The van der Waals surface area contributed by atoms with Crippen LogP contribution in [0.1, 0.15) is 40.0 Å². The smallest absolute Gasteiger partial charge is 0.239 e. The summed E-state index contributed by atoms with van der Waals surface area (Å²) >= 11 is 0. The molecule has 2 unspecified atom stereocenters. The van der Waals surface area contributed by atoms with E-state index in [0.717, 1.165) is 19.4 Å². The predicted octanol–water partition coefficient (Wildman–Crippen LogP) is 0.977. The quantitative estimate of drug-likeness (QED) is 0.622. The summed E-state index contributed by atoms with van der Waals surface area (Å²) in [5, 5.41) is 2.91. The summed E-state index contributed by atoms with van der Waals surface area (Å²) in [6.07, 6.45) is 2.54. The molecule has 1 amide bonds. The first-order chi connectivity index (χ1) is 8.83. The molecule has 0 radical (unpaired) electrons. The highest BCUT2D eigenvalue weighted by molar-refractivity contribution is 5.85. The topological polar surface area (TPSA) is 67.6 Å². The molecule has 0 aliphatic heterocycles. The van der Waals surface area contributed by atoms with Gasteiger partial charge in [0, 0.05) is 19.7 Å². The van der Waals surface area contributed by atoms with Crippen molar-refractivity contribution in [2.45, 2.75) is 51.7 Å². The lowest BCUT2D eigenvalue weighted by atomic mass is 9.96. The molecule has 0 aliphatic rings. The van der Waals surface area contributed by atoms with E-state index in [2.05, 4.69) is 10.2 Å². The van der Waals surface area contributed by atoms with Gasteiger partial charge in [-0.2, -0.15) is 0 Å². The monoisotopic (exact) mass is 273 g/mol. The van der Waals surface area contributed by atoms with Crippen LogP contribution in [0.25, 0.3) is 0 Å². The van der Waals surface area contributed by atoms with Crippen LogP contribution in [0.4, 0.5) is 0 Å². The van der Waals surface area contributed by atoms with Crippen LogP contribution in [-0.4, -0.2) is 56.2 Å². The van der Waals surface area contributed by atoms with Crippen LogP contribution < -0.4 is 11.1 Å². The summed E-state index contributed by atoms with van der Waals surface area (Å²) in [4.78, 5) is 14.1. The minimum atomic E-state index is -0.785. The molecule has 2 atom stereocenters. The number of nitrogens with one attached hydrogen (secondary N) is 1. The molecule has 19 heavy (non-hydrogen) atoms. The summed E-state index contributed by atoms with van der Waals surface area (Å²) in [5.41, 5.74) is 5.21. The number of nitrogens with two attached hydrogens (primary N) is 1. The third-order valence-electron chi connectivity index (χ3n) is 3.08. The van der Waals surface area contributed by atoms with Gasteiger partial charge in [0.2, 0.25) is 5.91 Å². The average molecular weight is 273 g/mol. The van der Waals surface area contributed by atoms with Crippen molar-refractivity contribution in [2.75, 3.05) is 33.8 Å². The lowest BCUT2D eigenvalue weighted by Crippen LogP contribution is -2.53. The SMILES string of the molecule is CCCC(C)(N)C(=O)NCC(CCN(C)C)OCC. The molecular weight excluding hydrogens is 242 g/mol. The molecule has 3 N–H and O–H groups in total. The van der Waals surface area contributed by atoms with E-state index >= 15 is 0 Å². The zero-order chi connectivity index (χ0) is 14.9. The van der Waals surface area contributed by atoms with Gasteiger partial charge >= 0.3 is 0 Å². The maximum atomic E-state index is 12.0. The van der Waals surface area contributed by atoms with Crippen molar-refractivity contribution in [3.63, 3.8) is 0 Å². The maximum Gasteiger partial charge on any atom is 0.239 e. The molecule has 0 aliphatic carbocycles. The van der Waals surface area contributed by atoms with Crippen LogP contribution in [0, 0.1) is 0 Å². The van der Waals surface area contributed by atoms with Crippen LogP contribution in [0.15, 0.2) is 0 Å². The van der Waals surface area contributed by atoms with Crippen LogP contribution in [0.5, 0.6) is 0 Å². The van der Waals surface area contributed by atoms with E-state index in [-0.39, 0.29) is 12.0 Å². The van der Waals surface area contributed by atoms with E-state index in [1.54, 1.807) is 6.92 Å². The van der Waals surface area contributed by atoms with E-state index in [1.165, 1.54) is 0 Å². The number of amides is 1. The molecule has 0 saturated carbocycles. The Balaban J connectivity index is 4.19. The standard InChI is InChI=1S/C14H31N3O2/c1-6-9-14(3,15)13(18)16-11-12(19-7-2)8-10-17(4)5/h12H,6-11,15H2,1-5H3,(H,16,18). The van der Waals surface area contributed by atoms with Gasteiger partial charge in [0.1, 0.15) is 0 Å². The molecule has 0 aromatic rings. The summed E-state index contributed by atoms with van der Waals surface area (Å²) in [6.45, 7) is 7.89. The fourth-order valence-corrected chi connectivity index (χ4v) is 1.92. The number of carbonyl (C=O) groups excluding carboxylic acids is 1. The van der Waals surface area contributed by atoms with E-state index in [4.69, 9.17) is 10.5 Å². The Morgan fingerprint density at radius 2 is 2.05 bits per heavy atom. The molecule has 0 aromatic heterocycles. The first-order valence-electron chi connectivity index (χ1n) is 7.17. The highest BCUT2D eigenvalue weighted by atomic mass is 16.5. The van der Waals surface area contributed by atoms with E-state index in [9.17, 15) is 4.79 Å². The Morgan fingerprint density at radius 3 is 2.53 bits per heavy atom. The number of ether oxygens (including phenoxy) is 1. The lowest BCUT2D eigenvalue weighted by Gasteiger charge is -2.25. The number of hydrogen-bond donors (Lipinski definition) is 2. The third kappa shape index (κ3) is 8.18. The van der Waals surface area contributed by atoms with E-state index in [1.807, 2.05) is 27.9 Å². The molecule has 0 heterocycles. The molecule has 5 nitrogen and oxygen atoms in total. The molecule has 114 valence electrons. The van der Waals surface area contributed by atoms with Crippen molar-refractivity contribution in [3.05, 3.63) is 0 Å². The maximum absolute atomic E-state index is 12.0. The number of carbonyl (C=O) groups is 1. The largest absolute Gasteiger partial charge is 0.377 e. The van der Waals surface area contributed by atoms with Gasteiger partial charge in [0.05, 0.1) is 11.6 Å². The second-order valence-electron chi connectivity index (χ2n) is 5.55.